The van der Waals surface area contributed by atoms with Gasteiger partial charge in [0.2, 0.25) is 5.91 Å². The zero-order chi connectivity index (χ0) is 14.2. The molecule has 0 radical (unpaired) electrons. The fourth-order valence-electron chi connectivity index (χ4n) is 3.37. The fourth-order valence-corrected chi connectivity index (χ4v) is 3.37. The largest absolute Gasteiger partial charge is 0.366 e. The normalized spacial score (nSPS) is 26.6. The summed E-state index contributed by atoms with van der Waals surface area (Å²) in [5.74, 6) is 0.00634. The summed E-state index contributed by atoms with van der Waals surface area (Å²) < 4.78 is 5.60. The maximum atomic E-state index is 11.4. The van der Waals surface area contributed by atoms with E-state index in [0.717, 1.165) is 26.1 Å². The van der Waals surface area contributed by atoms with E-state index in [4.69, 9.17) is 4.74 Å². The van der Waals surface area contributed by atoms with Crippen molar-refractivity contribution in [3.63, 3.8) is 0 Å². The van der Waals surface area contributed by atoms with Crippen molar-refractivity contribution in [3.05, 3.63) is 36.0 Å². The van der Waals surface area contributed by atoms with E-state index in [1.54, 1.807) is 0 Å². The Kier molecular flexibility index (Phi) is 3.16. The van der Waals surface area contributed by atoms with E-state index in [0.29, 0.717) is 0 Å². The number of likely N-dealkylation sites (tertiary alicyclic amines) is 1. The number of hydrogen-bond donors (Lipinski definition) is 2. The summed E-state index contributed by atoms with van der Waals surface area (Å²) in [4.78, 5) is 17.0. The van der Waals surface area contributed by atoms with Gasteiger partial charge in [-0.2, -0.15) is 0 Å². The Morgan fingerprint density at radius 3 is 3.24 bits per heavy atom. The summed E-state index contributed by atoms with van der Waals surface area (Å²) in [6.07, 6.45) is 3.14. The summed E-state index contributed by atoms with van der Waals surface area (Å²) in [7, 11) is 0. The molecule has 0 saturated carbocycles. The Labute approximate surface area is 123 Å². The van der Waals surface area contributed by atoms with Crippen molar-refractivity contribution in [3.8, 4) is 0 Å². The molecule has 2 aliphatic heterocycles. The van der Waals surface area contributed by atoms with Gasteiger partial charge in [0.25, 0.3) is 0 Å². The molecule has 1 aromatic heterocycles. The number of fused-ring (bicyclic) bond motifs is 2. The van der Waals surface area contributed by atoms with Gasteiger partial charge in [-0.1, -0.05) is 6.07 Å². The Balaban J connectivity index is 1.45. The van der Waals surface area contributed by atoms with Gasteiger partial charge in [-0.3, -0.25) is 9.69 Å². The maximum absolute atomic E-state index is 11.4. The number of hydrogen-bond acceptors (Lipinski definition) is 3. The second-order valence-electron chi connectivity index (χ2n) is 5.95. The molecule has 0 bridgehead atoms. The smallest absolute Gasteiger partial charge is 0.246 e. The molecule has 2 N–H and O–H groups in total. The predicted molar refractivity (Wildman–Crippen MR) is 79.9 cm³/mol. The van der Waals surface area contributed by atoms with Crippen molar-refractivity contribution in [2.24, 2.45) is 0 Å². The maximum Gasteiger partial charge on any atom is 0.246 e. The minimum absolute atomic E-state index is 0.00634. The number of amides is 1. The SMILES string of the molecule is O=C1CO[C@@H]2CCN(Cc3ccc4[nH]ccc4c3)C[C@@H]2N1. The molecule has 5 nitrogen and oxygen atoms in total. The van der Waals surface area contributed by atoms with Gasteiger partial charge in [0.05, 0.1) is 12.1 Å². The number of nitrogens with zero attached hydrogens (tertiary/aromatic N) is 1. The summed E-state index contributed by atoms with van der Waals surface area (Å²) in [6.45, 7) is 3.01. The molecule has 0 aliphatic carbocycles. The molecular weight excluding hydrogens is 266 g/mol. The number of rotatable bonds is 2. The van der Waals surface area contributed by atoms with Crippen LogP contribution < -0.4 is 5.32 Å². The summed E-state index contributed by atoms with van der Waals surface area (Å²) in [5, 5.41) is 4.30. The number of benzene rings is 1. The van der Waals surface area contributed by atoms with Gasteiger partial charge < -0.3 is 15.0 Å². The molecule has 1 aromatic carbocycles. The molecule has 2 aliphatic rings. The molecular formula is C16H19N3O2. The highest BCUT2D eigenvalue weighted by Gasteiger charge is 2.34. The van der Waals surface area contributed by atoms with Crippen LogP contribution in [0.15, 0.2) is 30.5 Å². The van der Waals surface area contributed by atoms with Crippen LogP contribution in [0.4, 0.5) is 0 Å². The molecule has 1 amide bonds. The van der Waals surface area contributed by atoms with E-state index in [9.17, 15) is 4.79 Å². The van der Waals surface area contributed by atoms with Gasteiger partial charge in [-0.05, 0) is 35.6 Å². The zero-order valence-electron chi connectivity index (χ0n) is 11.8. The first-order valence-electron chi connectivity index (χ1n) is 7.47. The third-order valence-corrected chi connectivity index (χ3v) is 4.43. The molecule has 3 heterocycles. The number of aromatic amines is 1. The minimum atomic E-state index is 0.00634. The molecule has 110 valence electrons. The Morgan fingerprint density at radius 1 is 1.33 bits per heavy atom. The van der Waals surface area contributed by atoms with Crippen molar-refractivity contribution in [1.82, 2.24) is 15.2 Å². The van der Waals surface area contributed by atoms with Crippen molar-refractivity contribution in [2.75, 3.05) is 19.7 Å². The molecule has 2 aromatic rings. The first-order chi connectivity index (χ1) is 10.3. The summed E-state index contributed by atoms with van der Waals surface area (Å²) >= 11 is 0. The van der Waals surface area contributed by atoms with Gasteiger partial charge in [-0.15, -0.1) is 0 Å². The van der Waals surface area contributed by atoms with Crippen molar-refractivity contribution >= 4 is 16.8 Å². The average Bonchev–Trinajstić information content (AvgIpc) is 2.94. The van der Waals surface area contributed by atoms with E-state index in [2.05, 4.69) is 39.5 Å². The topological polar surface area (TPSA) is 57.4 Å². The van der Waals surface area contributed by atoms with Gasteiger partial charge in [0.1, 0.15) is 6.61 Å². The predicted octanol–water partition coefficient (Wildman–Crippen LogP) is 1.26. The van der Waals surface area contributed by atoms with Crippen LogP contribution in [0.5, 0.6) is 0 Å². The quantitative estimate of drug-likeness (QED) is 0.873. The Hall–Kier alpha value is -1.85. The number of morpholine rings is 1. The lowest BCUT2D eigenvalue weighted by atomic mass is 10.00. The van der Waals surface area contributed by atoms with Crippen LogP contribution in [0.1, 0.15) is 12.0 Å². The number of H-pyrrole nitrogens is 1. The van der Waals surface area contributed by atoms with Gasteiger partial charge in [0.15, 0.2) is 0 Å². The van der Waals surface area contributed by atoms with Crippen LogP contribution in [0.2, 0.25) is 0 Å². The third kappa shape index (κ3) is 2.54. The van der Waals surface area contributed by atoms with E-state index < -0.39 is 0 Å². The van der Waals surface area contributed by atoms with Crippen molar-refractivity contribution in [2.45, 2.75) is 25.1 Å². The Morgan fingerprint density at radius 2 is 2.29 bits per heavy atom. The molecule has 0 unspecified atom stereocenters. The molecule has 21 heavy (non-hydrogen) atoms. The highest BCUT2D eigenvalue weighted by Crippen LogP contribution is 2.21. The average molecular weight is 285 g/mol. The first kappa shape index (κ1) is 12.9. The van der Waals surface area contributed by atoms with Crippen LogP contribution >= 0.6 is 0 Å². The van der Waals surface area contributed by atoms with Crippen molar-refractivity contribution < 1.29 is 9.53 Å². The molecule has 5 heteroatoms. The first-order valence-corrected chi connectivity index (χ1v) is 7.47. The van der Waals surface area contributed by atoms with E-state index in [1.165, 1.54) is 16.5 Å². The van der Waals surface area contributed by atoms with E-state index in [1.807, 2.05) is 6.20 Å². The third-order valence-electron chi connectivity index (χ3n) is 4.43. The number of carbonyl (C=O) groups excluding carboxylic acids is 1. The number of aromatic nitrogens is 1. The van der Waals surface area contributed by atoms with E-state index in [-0.39, 0.29) is 24.7 Å². The fraction of sp³-hybridized carbons (Fsp3) is 0.438. The van der Waals surface area contributed by atoms with Crippen LogP contribution in [-0.4, -0.2) is 47.6 Å². The zero-order valence-corrected chi connectivity index (χ0v) is 11.8. The summed E-state index contributed by atoms with van der Waals surface area (Å²) in [6, 6.07) is 8.76. The molecule has 4 rings (SSSR count). The Bertz CT molecular complexity index is 666. The van der Waals surface area contributed by atoms with Crippen molar-refractivity contribution in [1.29, 1.82) is 0 Å². The number of carbonyl (C=O) groups is 1. The molecule has 2 atom stereocenters. The van der Waals surface area contributed by atoms with Crippen LogP contribution in [0, 0.1) is 0 Å². The minimum Gasteiger partial charge on any atom is -0.366 e. The van der Waals surface area contributed by atoms with E-state index >= 15 is 0 Å². The van der Waals surface area contributed by atoms with Gasteiger partial charge in [0, 0.05) is 31.3 Å². The lowest BCUT2D eigenvalue weighted by molar-refractivity contribution is -0.140. The molecule has 0 spiro atoms. The number of piperidine rings is 1. The van der Waals surface area contributed by atoms with Crippen LogP contribution in [0.3, 0.4) is 0 Å². The number of nitrogens with one attached hydrogen (secondary N) is 2. The lowest BCUT2D eigenvalue weighted by Crippen LogP contribution is -2.60. The standard InChI is InChI=1S/C16H19N3O2/c20-16-10-21-15-4-6-19(9-14(15)18-16)8-11-1-2-13-12(7-11)3-5-17-13/h1-3,5,7,14-15,17H,4,6,8-10H2,(H,18,20)/t14-,15+/m0/s1. The van der Waals surface area contributed by atoms with Gasteiger partial charge in [-0.25, -0.2) is 0 Å². The second-order valence-corrected chi connectivity index (χ2v) is 5.95. The highest BCUT2D eigenvalue weighted by atomic mass is 16.5. The van der Waals surface area contributed by atoms with Gasteiger partial charge >= 0.3 is 0 Å². The molecule has 2 saturated heterocycles. The van der Waals surface area contributed by atoms with Crippen LogP contribution in [-0.2, 0) is 16.1 Å². The number of ether oxygens (including phenoxy) is 1. The molecule has 2 fully saturated rings. The second kappa shape index (κ2) is 5.16. The summed E-state index contributed by atoms with van der Waals surface area (Å²) in [5.41, 5.74) is 2.48. The highest BCUT2D eigenvalue weighted by molar-refractivity contribution is 5.80. The van der Waals surface area contributed by atoms with Crippen LogP contribution in [0.25, 0.3) is 10.9 Å². The monoisotopic (exact) mass is 285 g/mol. The lowest BCUT2D eigenvalue weighted by Gasteiger charge is -2.41.